The molecule has 0 aromatic carbocycles. The molecule has 2 unspecified atom stereocenters. The van der Waals surface area contributed by atoms with Gasteiger partial charge in [-0.15, -0.1) is 0 Å². The first-order chi connectivity index (χ1) is 13.8. The third kappa shape index (κ3) is 4.95. The van der Waals surface area contributed by atoms with Crippen LogP contribution in [0.4, 0.5) is 0 Å². The zero-order chi connectivity index (χ0) is 21.7. The number of hydrogen-bond donors (Lipinski definition) is 9. The second kappa shape index (κ2) is 10.1. The average molecular weight is 420 g/mol. The third-order valence-electron chi connectivity index (χ3n) is 4.29. The summed E-state index contributed by atoms with van der Waals surface area (Å²) in [5, 5.41) is 80.8. The van der Waals surface area contributed by atoms with E-state index in [1.165, 1.54) is 10.9 Å². The van der Waals surface area contributed by atoms with Gasteiger partial charge in [0.05, 0.1) is 26.1 Å². The lowest BCUT2D eigenvalue weighted by Gasteiger charge is -2.19. The van der Waals surface area contributed by atoms with E-state index in [1.54, 1.807) is 0 Å². The quantitative estimate of drug-likeness (QED) is 0.214. The largest absolute Gasteiger partial charge is 0.492 e. The van der Waals surface area contributed by atoms with Crippen molar-refractivity contribution in [1.29, 1.82) is 0 Å². The van der Waals surface area contributed by atoms with Crippen molar-refractivity contribution in [3.63, 3.8) is 0 Å². The molecule has 1 aliphatic heterocycles. The summed E-state index contributed by atoms with van der Waals surface area (Å²) in [6, 6.07) is 0. The highest BCUT2D eigenvalue weighted by Gasteiger charge is 2.44. The van der Waals surface area contributed by atoms with Crippen LogP contribution in [-0.4, -0.2) is 122 Å². The van der Waals surface area contributed by atoms with Crippen molar-refractivity contribution in [2.24, 2.45) is 0 Å². The molecule has 3 heterocycles. The first-order valence-corrected chi connectivity index (χ1v) is 8.51. The second-order valence-corrected chi connectivity index (χ2v) is 6.24. The van der Waals surface area contributed by atoms with E-state index in [0.29, 0.717) is 0 Å². The molecule has 0 spiro atoms. The summed E-state index contributed by atoms with van der Waals surface area (Å²) in [7, 11) is 0. The van der Waals surface area contributed by atoms with Crippen molar-refractivity contribution in [1.82, 2.24) is 19.5 Å². The number of aromatic hydroxyl groups is 1. The number of nitrogens with zero attached hydrogens (tertiary/aromatic N) is 4. The van der Waals surface area contributed by atoms with Gasteiger partial charge in [0.1, 0.15) is 43.0 Å². The number of aromatic nitrogens is 4. The first-order valence-electron chi connectivity index (χ1n) is 8.51. The average Bonchev–Trinajstić information content (AvgIpc) is 3.28. The summed E-state index contributed by atoms with van der Waals surface area (Å²) in [5.41, 5.74) is 0.433. The van der Waals surface area contributed by atoms with Gasteiger partial charge in [-0.3, -0.25) is 4.57 Å². The van der Waals surface area contributed by atoms with E-state index in [9.17, 15) is 15.3 Å². The van der Waals surface area contributed by atoms with Gasteiger partial charge in [0, 0.05) is 0 Å². The molecule has 0 aliphatic carbocycles. The van der Waals surface area contributed by atoms with Crippen LogP contribution in [0.25, 0.3) is 11.2 Å². The molecule has 0 bridgehead atoms. The minimum Gasteiger partial charge on any atom is -0.492 e. The van der Waals surface area contributed by atoms with E-state index >= 15 is 0 Å². The van der Waals surface area contributed by atoms with Gasteiger partial charge in [0.2, 0.25) is 5.88 Å². The highest BCUT2D eigenvalue weighted by Crippen LogP contribution is 2.32. The maximum Gasteiger partial charge on any atom is 0.242 e. The molecule has 1 fully saturated rings. The second-order valence-electron chi connectivity index (χ2n) is 6.24. The van der Waals surface area contributed by atoms with Crippen molar-refractivity contribution in [2.75, 3.05) is 19.8 Å². The van der Waals surface area contributed by atoms with Crippen molar-refractivity contribution in [2.45, 2.75) is 42.9 Å². The lowest BCUT2D eigenvalue weighted by molar-refractivity contribution is -0.0900. The number of aliphatic hydroxyl groups is 8. The van der Waals surface area contributed by atoms with E-state index in [0.717, 1.165) is 6.33 Å². The molecule has 3 rings (SSSR count). The van der Waals surface area contributed by atoms with Crippen LogP contribution in [-0.2, 0) is 4.74 Å². The molecule has 14 nitrogen and oxygen atoms in total. The summed E-state index contributed by atoms with van der Waals surface area (Å²) in [4.78, 5) is 11.5. The van der Waals surface area contributed by atoms with Crippen molar-refractivity contribution in [3.8, 4) is 5.88 Å². The fourth-order valence-electron chi connectivity index (χ4n) is 2.61. The van der Waals surface area contributed by atoms with Gasteiger partial charge < -0.3 is 50.7 Å². The fraction of sp³-hybridized carbons (Fsp3) is 0.667. The van der Waals surface area contributed by atoms with Crippen molar-refractivity contribution >= 4 is 11.2 Å². The normalized spacial score (nSPS) is 27.3. The van der Waals surface area contributed by atoms with Crippen LogP contribution in [0.2, 0.25) is 0 Å². The summed E-state index contributed by atoms with van der Waals surface area (Å²) >= 11 is 0. The van der Waals surface area contributed by atoms with Gasteiger partial charge in [-0.1, -0.05) is 0 Å². The Morgan fingerprint density at radius 2 is 1.59 bits per heavy atom. The number of fused-ring (bicyclic) bond motifs is 1. The number of imidazole rings is 1. The molecule has 9 N–H and O–H groups in total. The molecule has 0 amide bonds. The van der Waals surface area contributed by atoms with E-state index in [-0.39, 0.29) is 17.0 Å². The maximum absolute atomic E-state index is 9.92. The van der Waals surface area contributed by atoms with Crippen LogP contribution in [0.1, 0.15) is 6.23 Å². The molecule has 164 valence electrons. The number of rotatable bonds is 6. The van der Waals surface area contributed by atoms with Crippen LogP contribution in [0.3, 0.4) is 0 Å². The van der Waals surface area contributed by atoms with E-state index < -0.39 is 62.7 Å². The smallest absolute Gasteiger partial charge is 0.242 e. The number of hydrogen-bond acceptors (Lipinski definition) is 13. The summed E-state index contributed by atoms with van der Waals surface area (Å²) in [6.45, 7) is -1.70. The van der Waals surface area contributed by atoms with Gasteiger partial charge in [0.25, 0.3) is 0 Å². The summed E-state index contributed by atoms with van der Waals surface area (Å²) in [6.07, 6.45) is -6.08. The lowest BCUT2D eigenvalue weighted by Crippen LogP contribution is -2.41. The highest BCUT2D eigenvalue weighted by molar-refractivity contribution is 5.75. The van der Waals surface area contributed by atoms with Crippen LogP contribution in [0.5, 0.6) is 5.88 Å². The zero-order valence-electron chi connectivity index (χ0n) is 15.0. The Morgan fingerprint density at radius 3 is 2.10 bits per heavy atom. The van der Waals surface area contributed by atoms with E-state index in [1.807, 2.05) is 0 Å². The Morgan fingerprint density at radius 1 is 0.966 bits per heavy atom. The minimum absolute atomic E-state index is 0.167. The molecule has 6 atom stereocenters. The molecule has 1 saturated heterocycles. The predicted octanol–water partition coefficient (Wildman–Crippen LogP) is -4.80. The minimum atomic E-state index is -1.49. The standard InChI is InChI=1S/C10H12N4O5.C5H12O5/c15-1-4-6(16)7(17)10(19-4)14-3-13-5-8(14)11-2-12-9(5)18;6-1-3(8)5(10)4(9)2-7/h2-4,6-7,10,15-17H,1H2,(H,11,12,18);3-10H,1-2H2/t4-,6-,7-,10-;/m1./s1. The van der Waals surface area contributed by atoms with Crippen molar-refractivity contribution in [3.05, 3.63) is 12.7 Å². The molecule has 0 saturated carbocycles. The predicted molar refractivity (Wildman–Crippen MR) is 92.2 cm³/mol. The Hall–Kier alpha value is -2.01. The van der Waals surface area contributed by atoms with Gasteiger partial charge in [-0.05, 0) is 0 Å². The van der Waals surface area contributed by atoms with Crippen molar-refractivity contribution < 1.29 is 50.7 Å². The maximum atomic E-state index is 9.92. The van der Waals surface area contributed by atoms with E-state index in [2.05, 4.69) is 15.0 Å². The zero-order valence-corrected chi connectivity index (χ0v) is 15.0. The molecule has 1 aliphatic rings. The topological polar surface area (TPSA) is 235 Å². The van der Waals surface area contributed by atoms with Crippen LogP contribution >= 0.6 is 0 Å². The third-order valence-corrected chi connectivity index (χ3v) is 4.29. The van der Waals surface area contributed by atoms with E-state index in [4.69, 9.17) is 35.4 Å². The summed E-state index contributed by atoms with van der Waals surface area (Å²) < 4.78 is 6.73. The number of aliphatic hydroxyl groups excluding tert-OH is 8. The SMILES string of the molecule is OCC(O)C(O)C(O)CO.OC[C@H]1O[C@@H](n2cnc3c(O)ncnc32)[C@H](O)[C@@H]1O. The monoisotopic (exact) mass is 420 g/mol. The summed E-state index contributed by atoms with van der Waals surface area (Å²) in [5.74, 6) is -0.282. The highest BCUT2D eigenvalue weighted by atomic mass is 16.6. The number of ether oxygens (including phenoxy) is 1. The van der Waals surface area contributed by atoms with Gasteiger partial charge in [-0.25, -0.2) is 9.97 Å². The Kier molecular flexibility index (Phi) is 8.14. The Balaban J connectivity index is 0.000000257. The van der Waals surface area contributed by atoms with Gasteiger partial charge >= 0.3 is 0 Å². The Bertz CT molecular complexity index is 767. The molecule has 29 heavy (non-hydrogen) atoms. The van der Waals surface area contributed by atoms with Crippen LogP contribution < -0.4 is 0 Å². The molecule has 14 heteroatoms. The molecular formula is C15H24N4O10. The molecule has 0 radical (unpaired) electrons. The lowest BCUT2D eigenvalue weighted by atomic mass is 10.1. The fourth-order valence-corrected chi connectivity index (χ4v) is 2.61. The van der Waals surface area contributed by atoms with Crippen LogP contribution in [0.15, 0.2) is 12.7 Å². The van der Waals surface area contributed by atoms with Gasteiger partial charge in [0.15, 0.2) is 17.4 Å². The Labute approximate surface area is 163 Å². The molecular weight excluding hydrogens is 396 g/mol. The molecule has 2 aromatic heterocycles. The van der Waals surface area contributed by atoms with Crippen LogP contribution in [0, 0.1) is 0 Å². The first kappa shape index (κ1) is 23.3. The molecule has 2 aromatic rings. The van der Waals surface area contributed by atoms with Gasteiger partial charge in [-0.2, -0.15) is 4.98 Å².